The van der Waals surface area contributed by atoms with Crippen LogP contribution in [-0.2, 0) is 4.79 Å². The van der Waals surface area contributed by atoms with Crippen molar-refractivity contribution < 1.29 is 9.90 Å². The van der Waals surface area contributed by atoms with Gasteiger partial charge in [0.25, 0.3) is 0 Å². The van der Waals surface area contributed by atoms with Gasteiger partial charge in [0.1, 0.15) is 0 Å². The van der Waals surface area contributed by atoms with Crippen molar-refractivity contribution in [3.63, 3.8) is 0 Å². The third kappa shape index (κ3) is 3.10. The van der Waals surface area contributed by atoms with Crippen LogP contribution in [0.5, 0.6) is 0 Å². The second-order valence-corrected chi connectivity index (χ2v) is 5.93. The molecule has 1 saturated carbocycles. The molecule has 0 aromatic heterocycles. The summed E-state index contributed by atoms with van der Waals surface area (Å²) < 4.78 is 0. The molecule has 92 valence electrons. The smallest absolute Gasteiger partial charge is 0.331 e. The Morgan fingerprint density at radius 2 is 1.62 bits per heavy atom. The van der Waals surface area contributed by atoms with E-state index in [1.165, 1.54) is 24.8 Å². The fraction of sp³-hybridized carbons (Fsp3) is 0.786. The molecule has 1 rings (SSSR count). The topological polar surface area (TPSA) is 37.3 Å². The largest absolute Gasteiger partial charge is 0.478 e. The summed E-state index contributed by atoms with van der Waals surface area (Å²) in [6, 6.07) is 0. The van der Waals surface area contributed by atoms with Crippen LogP contribution >= 0.6 is 0 Å². The standard InChI is InChI=1S/C14H24O2/c1-10(13(15)16)12(14(2,3)4)11-8-6-5-7-9-11/h11H,5-9H2,1-4H3,(H,15,16). The van der Waals surface area contributed by atoms with Crippen LogP contribution in [0, 0.1) is 11.3 Å². The van der Waals surface area contributed by atoms with E-state index >= 15 is 0 Å². The van der Waals surface area contributed by atoms with Crippen molar-refractivity contribution in [2.24, 2.45) is 11.3 Å². The monoisotopic (exact) mass is 224 g/mol. The van der Waals surface area contributed by atoms with E-state index in [0.29, 0.717) is 11.5 Å². The van der Waals surface area contributed by atoms with Crippen molar-refractivity contribution in [2.75, 3.05) is 0 Å². The third-order valence-corrected chi connectivity index (χ3v) is 3.55. The Kier molecular flexibility index (Phi) is 4.17. The minimum Gasteiger partial charge on any atom is -0.478 e. The highest BCUT2D eigenvalue weighted by atomic mass is 16.4. The van der Waals surface area contributed by atoms with Gasteiger partial charge in [-0.3, -0.25) is 0 Å². The Bertz CT molecular complexity index is 288. The molecular formula is C14H24O2. The number of carboxylic acids is 1. The fourth-order valence-corrected chi connectivity index (χ4v) is 2.99. The molecule has 0 bridgehead atoms. The highest BCUT2D eigenvalue weighted by molar-refractivity contribution is 5.87. The average molecular weight is 224 g/mol. The van der Waals surface area contributed by atoms with Crippen molar-refractivity contribution in [2.45, 2.75) is 59.8 Å². The Hall–Kier alpha value is -0.790. The third-order valence-electron chi connectivity index (χ3n) is 3.55. The van der Waals surface area contributed by atoms with E-state index in [0.717, 1.165) is 12.8 Å². The Morgan fingerprint density at radius 1 is 1.12 bits per heavy atom. The van der Waals surface area contributed by atoms with Crippen LogP contribution in [0.4, 0.5) is 0 Å². The van der Waals surface area contributed by atoms with E-state index in [4.69, 9.17) is 0 Å². The van der Waals surface area contributed by atoms with Gasteiger partial charge >= 0.3 is 5.97 Å². The lowest BCUT2D eigenvalue weighted by molar-refractivity contribution is -0.132. The summed E-state index contributed by atoms with van der Waals surface area (Å²) in [5.41, 5.74) is 1.71. The van der Waals surface area contributed by atoms with Gasteiger partial charge < -0.3 is 5.11 Å². The number of carboxylic acid groups (broad SMARTS) is 1. The van der Waals surface area contributed by atoms with Crippen LogP contribution in [0.25, 0.3) is 0 Å². The SMILES string of the molecule is CC(C(=O)O)=C(C1CCCCC1)C(C)(C)C. The molecule has 0 heterocycles. The molecule has 0 amide bonds. The van der Waals surface area contributed by atoms with Gasteiger partial charge in [-0.15, -0.1) is 0 Å². The van der Waals surface area contributed by atoms with E-state index in [1.807, 2.05) is 0 Å². The van der Waals surface area contributed by atoms with Crippen LogP contribution in [-0.4, -0.2) is 11.1 Å². The first kappa shape index (κ1) is 13.3. The molecule has 0 aliphatic heterocycles. The first-order chi connectivity index (χ1) is 7.34. The maximum atomic E-state index is 11.2. The molecular weight excluding hydrogens is 200 g/mol. The fourth-order valence-electron chi connectivity index (χ4n) is 2.99. The van der Waals surface area contributed by atoms with Crippen LogP contribution in [0.3, 0.4) is 0 Å². The number of rotatable bonds is 2. The number of hydrogen-bond donors (Lipinski definition) is 1. The minimum absolute atomic E-state index is 0.0233. The van der Waals surface area contributed by atoms with Crippen molar-refractivity contribution in [1.82, 2.24) is 0 Å². The van der Waals surface area contributed by atoms with Crippen LogP contribution < -0.4 is 0 Å². The predicted molar refractivity (Wildman–Crippen MR) is 66.4 cm³/mol. The summed E-state index contributed by atoms with van der Waals surface area (Å²) >= 11 is 0. The van der Waals surface area contributed by atoms with Crippen LogP contribution in [0.1, 0.15) is 59.8 Å². The van der Waals surface area contributed by atoms with Crippen molar-refractivity contribution in [3.8, 4) is 0 Å². The molecule has 0 radical (unpaired) electrons. The van der Waals surface area contributed by atoms with E-state index in [1.54, 1.807) is 6.92 Å². The van der Waals surface area contributed by atoms with Gasteiger partial charge in [0, 0.05) is 5.57 Å². The highest BCUT2D eigenvalue weighted by Crippen LogP contribution is 2.41. The quantitative estimate of drug-likeness (QED) is 0.719. The molecule has 0 spiro atoms. The normalized spacial score (nSPS) is 20.5. The molecule has 2 nitrogen and oxygen atoms in total. The first-order valence-electron chi connectivity index (χ1n) is 6.28. The van der Waals surface area contributed by atoms with Crippen molar-refractivity contribution in [1.29, 1.82) is 0 Å². The van der Waals surface area contributed by atoms with Gasteiger partial charge in [-0.1, -0.05) is 45.6 Å². The van der Waals surface area contributed by atoms with Gasteiger partial charge in [-0.25, -0.2) is 4.79 Å². The maximum absolute atomic E-state index is 11.2. The molecule has 0 aromatic carbocycles. The predicted octanol–water partition coefficient (Wildman–Crippen LogP) is 4.01. The zero-order valence-corrected chi connectivity index (χ0v) is 11.0. The number of carbonyl (C=O) groups is 1. The second-order valence-electron chi connectivity index (χ2n) is 5.93. The van der Waals surface area contributed by atoms with Gasteiger partial charge in [-0.2, -0.15) is 0 Å². The maximum Gasteiger partial charge on any atom is 0.331 e. The first-order valence-corrected chi connectivity index (χ1v) is 6.28. The van der Waals surface area contributed by atoms with Gasteiger partial charge in [0.05, 0.1) is 0 Å². The molecule has 0 unspecified atom stereocenters. The number of hydrogen-bond acceptors (Lipinski definition) is 1. The summed E-state index contributed by atoms with van der Waals surface area (Å²) in [6.45, 7) is 8.15. The van der Waals surface area contributed by atoms with Crippen LogP contribution in [0.15, 0.2) is 11.1 Å². The lowest BCUT2D eigenvalue weighted by Crippen LogP contribution is -2.23. The zero-order chi connectivity index (χ0) is 12.3. The molecule has 0 saturated heterocycles. The molecule has 16 heavy (non-hydrogen) atoms. The Balaban J connectivity index is 3.05. The van der Waals surface area contributed by atoms with Gasteiger partial charge in [-0.05, 0) is 31.1 Å². The van der Waals surface area contributed by atoms with Gasteiger partial charge in [0.2, 0.25) is 0 Å². The summed E-state index contributed by atoms with van der Waals surface area (Å²) in [6.07, 6.45) is 6.13. The lowest BCUT2D eigenvalue weighted by Gasteiger charge is -2.34. The summed E-state index contributed by atoms with van der Waals surface area (Å²) in [4.78, 5) is 11.2. The molecule has 1 aliphatic rings. The summed E-state index contributed by atoms with van der Waals surface area (Å²) in [7, 11) is 0. The van der Waals surface area contributed by atoms with Crippen LogP contribution in [0.2, 0.25) is 0 Å². The molecule has 1 N–H and O–H groups in total. The molecule has 1 fully saturated rings. The van der Waals surface area contributed by atoms with Gasteiger partial charge in [0.15, 0.2) is 0 Å². The number of aliphatic carboxylic acids is 1. The zero-order valence-electron chi connectivity index (χ0n) is 11.0. The highest BCUT2D eigenvalue weighted by Gasteiger charge is 2.30. The van der Waals surface area contributed by atoms with E-state index in [-0.39, 0.29) is 5.41 Å². The van der Waals surface area contributed by atoms with Crippen molar-refractivity contribution in [3.05, 3.63) is 11.1 Å². The Morgan fingerprint density at radius 3 is 2.00 bits per heavy atom. The van der Waals surface area contributed by atoms with Crippen molar-refractivity contribution >= 4 is 5.97 Å². The summed E-state index contributed by atoms with van der Waals surface area (Å²) in [5.74, 6) is -0.264. The second kappa shape index (κ2) is 5.03. The number of allylic oxidation sites excluding steroid dienone is 1. The summed E-state index contributed by atoms with van der Waals surface area (Å²) in [5, 5.41) is 9.19. The Labute approximate surface area is 98.7 Å². The minimum atomic E-state index is -0.754. The van der Waals surface area contributed by atoms with E-state index < -0.39 is 5.97 Å². The molecule has 2 heteroatoms. The van der Waals surface area contributed by atoms with E-state index in [9.17, 15) is 9.90 Å². The molecule has 1 aliphatic carbocycles. The van der Waals surface area contributed by atoms with E-state index in [2.05, 4.69) is 20.8 Å². The molecule has 0 atom stereocenters. The average Bonchev–Trinajstić information content (AvgIpc) is 2.17. The molecule has 0 aromatic rings. The lowest BCUT2D eigenvalue weighted by atomic mass is 9.71.